The molecule has 128 valence electrons. The van der Waals surface area contributed by atoms with E-state index in [2.05, 4.69) is 0 Å². The first-order valence-corrected chi connectivity index (χ1v) is 7.39. The molecule has 0 spiro atoms. The highest BCUT2D eigenvalue weighted by molar-refractivity contribution is 6.21. The second-order valence-electron chi connectivity index (χ2n) is 5.37. The third kappa shape index (κ3) is 2.14. The first-order valence-electron chi connectivity index (χ1n) is 7.39. The van der Waals surface area contributed by atoms with Crippen LogP contribution in [0.2, 0.25) is 0 Å². The molecule has 0 unspecified atom stereocenters. The van der Waals surface area contributed by atoms with E-state index in [0.29, 0.717) is 10.1 Å². The zero-order valence-electron chi connectivity index (χ0n) is 13.0. The van der Waals surface area contributed by atoms with Gasteiger partial charge >= 0.3 is 6.08 Å². The Morgan fingerprint density at radius 3 is 1.15 bits per heavy atom. The molecule has 9 heteroatoms. The number of imide groups is 2. The fourth-order valence-electron chi connectivity index (χ4n) is 2.68. The van der Waals surface area contributed by atoms with Gasteiger partial charge in [-0.15, -0.1) is 0 Å². The van der Waals surface area contributed by atoms with Gasteiger partial charge in [0.05, 0.1) is 22.3 Å². The molecule has 4 rings (SSSR count). The topological polar surface area (TPSA) is 117 Å². The van der Waals surface area contributed by atoms with E-state index in [1.807, 2.05) is 0 Å². The average Bonchev–Trinajstić information content (AvgIpc) is 3.03. The molecule has 2 aliphatic rings. The third-order valence-corrected chi connectivity index (χ3v) is 3.86. The summed E-state index contributed by atoms with van der Waals surface area (Å²) in [6.07, 6.45) is -1.07. The van der Waals surface area contributed by atoms with E-state index in [9.17, 15) is 19.2 Å². The van der Waals surface area contributed by atoms with Crippen LogP contribution in [-0.4, -0.2) is 39.8 Å². The molecule has 0 aromatic heterocycles. The Morgan fingerprint density at radius 1 is 0.615 bits per heavy atom. The number of benzene rings is 2. The summed E-state index contributed by atoms with van der Waals surface area (Å²) in [5.41, 5.74) is 0.467. The van der Waals surface area contributed by atoms with E-state index in [-0.39, 0.29) is 22.3 Å². The summed E-state index contributed by atoms with van der Waals surface area (Å²) in [4.78, 5) is 58.3. The maximum absolute atomic E-state index is 12.2. The molecule has 0 bridgehead atoms. The predicted molar refractivity (Wildman–Crippen MR) is 83.8 cm³/mol. The van der Waals surface area contributed by atoms with E-state index in [1.54, 1.807) is 24.3 Å². The van der Waals surface area contributed by atoms with Gasteiger partial charge in [0.2, 0.25) is 0 Å². The largest absolute Gasteiger partial charge is 0.432 e. The molecule has 0 fully saturated rings. The summed E-state index contributed by atoms with van der Waals surface area (Å²) < 4.78 is 0. The van der Waals surface area contributed by atoms with Gasteiger partial charge in [-0.2, -0.15) is 0 Å². The van der Waals surface area contributed by atoms with Gasteiger partial charge in [-0.05, 0) is 24.3 Å². The average molecular weight is 351 g/mol. The van der Waals surface area contributed by atoms with Crippen molar-refractivity contribution in [3.05, 3.63) is 70.8 Å². The molecular weight excluding hydrogens is 342 g/mol. The number of hydroxylamine groups is 4. The fourth-order valence-corrected chi connectivity index (χ4v) is 2.68. The van der Waals surface area contributed by atoms with Crippen molar-refractivity contribution >= 4 is 29.7 Å². The van der Waals surface area contributed by atoms with Crippen LogP contribution in [0.1, 0.15) is 41.4 Å². The van der Waals surface area contributed by atoms with Gasteiger partial charge in [0.15, 0.2) is 0 Å². The second kappa shape index (κ2) is 5.52. The molecule has 0 atom stereocenters. The minimum absolute atomic E-state index is 0.117. The van der Waals surface area contributed by atoms with Crippen molar-refractivity contribution in [2.45, 2.75) is 0 Å². The summed E-state index contributed by atoms with van der Waals surface area (Å²) in [7, 11) is 0. The monoisotopic (exact) mass is 351 g/mol. The predicted octanol–water partition coefficient (Wildman–Crippen LogP) is 1.38. The standard InChI is InChI=1S/C17H9N3O6/c18-17(25-19-13(21)9-5-1-2-6-10(9)14(19)22)26-20-15(23)11-7-3-4-8-12(11)16(20)24/h1-8,18H. The van der Waals surface area contributed by atoms with Crippen molar-refractivity contribution in [3.63, 3.8) is 0 Å². The van der Waals surface area contributed by atoms with Gasteiger partial charge in [0.25, 0.3) is 23.6 Å². The molecule has 0 saturated heterocycles. The van der Waals surface area contributed by atoms with Crippen LogP contribution in [0.3, 0.4) is 0 Å². The minimum Gasteiger partial charge on any atom is -0.310 e. The van der Waals surface area contributed by atoms with E-state index < -0.39 is 29.7 Å². The van der Waals surface area contributed by atoms with Gasteiger partial charge in [-0.3, -0.25) is 19.2 Å². The molecular formula is C17H9N3O6. The van der Waals surface area contributed by atoms with Crippen LogP contribution in [-0.2, 0) is 9.68 Å². The van der Waals surface area contributed by atoms with Crippen LogP contribution < -0.4 is 0 Å². The lowest BCUT2D eigenvalue weighted by Gasteiger charge is -2.17. The number of fused-ring (bicyclic) bond motifs is 2. The molecule has 9 nitrogen and oxygen atoms in total. The van der Waals surface area contributed by atoms with Crippen LogP contribution in [0.5, 0.6) is 0 Å². The van der Waals surface area contributed by atoms with Crippen molar-refractivity contribution in [1.29, 1.82) is 5.41 Å². The Kier molecular flexibility index (Phi) is 3.29. The Hall–Kier alpha value is -4.01. The first-order chi connectivity index (χ1) is 12.5. The Bertz CT molecular complexity index is 866. The Labute approximate surface area is 145 Å². The summed E-state index contributed by atoms with van der Waals surface area (Å²) in [5.74, 6) is -3.11. The number of rotatable bonds is 2. The summed E-state index contributed by atoms with van der Waals surface area (Å²) in [6.45, 7) is 0. The van der Waals surface area contributed by atoms with Crippen molar-refractivity contribution < 1.29 is 28.9 Å². The SMILES string of the molecule is N=C(ON1C(=O)c2ccccc2C1=O)ON1C(=O)c2ccccc2C1=O. The maximum Gasteiger partial charge on any atom is 0.432 e. The fraction of sp³-hybridized carbons (Fsp3) is 0. The quantitative estimate of drug-likeness (QED) is 0.496. The van der Waals surface area contributed by atoms with Crippen molar-refractivity contribution in [2.24, 2.45) is 0 Å². The van der Waals surface area contributed by atoms with E-state index in [0.717, 1.165) is 0 Å². The smallest absolute Gasteiger partial charge is 0.310 e. The summed E-state index contributed by atoms with van der Waals surface area (Å²) >= 11 is 0. The van der Waals surface area contributed by atoms with Gasteiger partial charge in [0, 0.05) is 0 Å². The van der Waals surface area contributed by atoms with Gasteiger partial charge in [-0.25, -0.2) is 5.41 Å². The lowest BCUT2D eigenvalue weighted by Crippen LogP contribution is -2.38. The van der Waals surface area contributed by atoms with E-state index >= 15 is 0 Å². The van der Waals surface area contributed by atoms with Crippen molar-refractivity contribution in [3.8, 4) is 0 Å². The second-order valence-corrected chi connectivity index (χ2v) is 5.37. The molecule has 2 heterocycles. The number of carbonyl (C=O) groups excluding carboxylic acids is 4. The highest BCUT2D eigenvalue weighted by Crippen LogP contribution is 2.25. The zero-order valence-corrected chi connectivity index (χ0v) is 13.0. The molecule has 2 aromatic carbocycles. The van der Waals surface area contributed by atoms with Crippen molar-refractivity contribution in [2.75, 3.05) is 0 Å². The van der Waals surface area contributed by atoms with Crippen LogP contribution in [0.15, 0.2) is 48.5 Å². The molecule has 2 aromatic rings. The highest BCUT2D eigenvalue weighted by atomic mass is 16.9. The third-order valence-electron chi connectivity index (χ3n) is 3.86. The lowest BCUT2D eigenvalue weighted by molar-refractivity contribution is -0.0892. The summed E-state index contributed by atoms with van der Waals surface area (Å²) in [6, 6.07) is 12.1. The lowest BCUT2D eigenvalue weighted by atomic mass is 10.1. The molecule has 26 heavy (non-hydrogen) atoms. The Morgan fingerprint density at radius 2 is 0.885 bits per heavy atom. The number of hydrogen-bond acceptors (Lipinski definition) is 7. The normalized spacial score (nSPS) is 15.2. The van der Waals surface area contributed by atoms with Crippen LogP contribution in [0.4, 0.5) is 0 Å². The Balaban J connectivity index is 1.50. The molecule has 0 radical (unpaired) electrons. The van der Waals surface area contributed by atoms with Gasteiger partial charge in [-0.1, -0.05) is 34.4 Å². The highest BCUT2D eigenvalue weighted by Gasteiger charge is 2.41. The number of carbonyl (C=O) groups is 4. The number of nitrogens with zero attached hydrogens (tertiary/aromatic N) is 2. The van der Waals surface area contributed by atoms with E-state index in [1.165, 1.54) is 24.3 Å². The van der Waals surface area contributed by atoms with Crippen LogP contribution in [0, 0.1) is 5.41 Å². The molecule has 4 amide bonds. The van der Waals surface area contributed by atoms with Crippen LogP contribution in [0.25, 0.3) is 0 Å². The number of amides is 4. The zero-order chi connectivity index (χ0) is 18.4. The molecule has 0 aliphatic carbocycles. The van der Waals surface area contributed by atoms with Crippen LogP contribution >= 0.6 is 0 Å². The number of nitrogens with one attached hydrogen (secondary N) is 1. The number of hydrogen-bond donors (Lipinski definition) is 1. The molecule has 0 saturated carbocycles. The summed E-state index contributed by atoms with van der Waals surface area (Å²) in [5, 5.41) is 8.33. The van der Waals surface area contributed by atoms with Gasteiger partial charge < -0.3 is 9.68 Å². The van der Waals surface area contributed by atoms with Gasteiger partial charge in [0.1, 0.15) is 0 Å². The first kappa shape index (κ1) is 15.5. The van der Waals surface area contributed by atoms with Crippen molar-refractivity contribution in [1.82, 2.24) is 10.1 Å². The molecule has 2 aliphatic heterocycles. The maximum atomic E-state index is 12.2. The van der Waals surface area contributed by atoms with E-state index in [4.69, 9.17) is 15.1 Å². The minimum atomic E-state index is -1.07. The molecule has 1 N–H and O–H groups in total.